The first-order chi connectivity index (χ1) is 8.60. The number of furan rings is 1. The predicted octanol–water partition coefficient (Wildman–Crippen LogP) is 1.18. The van der Waals surface area contributed by atoms with E-state index in [1.165, 1.54) is 13.2 Å². The number of esters is 1. The first kappa shape index (κ1) is 12.6. The maximum atomic E-state index is 11.3. The van der Waals surface area contributed by atoms with E-state index in [0.29, 0.717) is 18.8 Å². The number of ether oxygens (including phenoxy) is 1. The zero-order valence-electron chi connectivity index (χ0n) is 10.00. The van der Waals surface area contributed by atoms with E-state index < -0.39 is 4.92 Å². The molecule has 1 atom stereocenters. The van der Waals surface area contributed by atoms with Crippen LogP contribution >= 0.6 is 0 Å². The molecule has 0 aromatic carbocycles. The third-order valence-electron chi connectivity index (χ3n) is 3.01. The zero-order valence-corrected chi connectivity index (χ0v) is 10.00. The molecule has 0 radical (unpaired) electrons. The van der Waals surface area contributed by atoms with Gasteiger partial charge in [-0.15, -0.1) is 0 Å². The molecule has 1 saturated heterocycles. The summed E-state index contributed by atoms with van der Waals surface area (Å²) in [5, 5.41) is 10.5. The smallest absolute Gasteiger partial charge is 0.433 e. The number of carbonyl (C=O) groups excluding carboxylic acids is 1. The molecule has 7 heteroatoms. The number of hydrogen-bond acceptors (Lipinski definition) is 6. The van der Waals surface area contributed by atoms with E-state index in [1.54, 1.807) is 6.07 Å². The maximum Gasteiger partial charge on any atom is 0.433 e. The van der Waals surface area contributed by atoms with Crippen LogP contribution in [0.25, 0.3) is 0 Å². The van der Waals surface area contributed by atoms with Crippen molar-refractivity contribution in [1.82, 2.24) is 4.90 Å². The number of methoxy groups -OCH3 is 1. The number of likely N-dealkylation sites (tertiary alicyclic amines) is 1. The van der Waals surface area contributed by atoms with Crippen molar-refractivity contribution >= 4 is 11.9 Å². The van der Waals surface area contributed by atoms with Crippen LogP contribution in [0.4, 0.5) is 5.88 Å². The summed E-state index contributed by atoms with van der Waals surface area (Å²) in [6, 6.07) is 2.92. The highest BCUT2D eigenvalue weighted by molar-refractivity contribution is 5.72. The van der Waals surface area contributed by atoms with E-state index in [9.17, 15) is 14.9 Å². The Labute approximate surface area is 103 Å². The van der Waals surface area contributed by atoms with Crippen LogP contribution < -0.4 is 0 Å². The summed E-state index contributed by atoms with van der Waals surface area (Å²) in [6.45, 7) is 1.83. The molecule has 0 N–H and O–H groups in total. The Morgan fingerprint density at radius 3 is 3.06 bits per heavy atom. The number of rotatable bonds is 4. The van der Waals surface area contributed by atoms with Crippen LogP contribution in [0.15, 0.2) is 16.5 Å². The molecule has 0 spiro atoms. The van der Waals surface area contributed by atoms with E-state index in [0.717, 1.165) is 13.0 Å². The van der Waals surface area contributed by atoms with Crippen molar-refractivity contribution in [2.24, 2.45) is 5.92 Å². The summed E-state index contributed by atoms with van der Waals surface area (Å²) in [4.78, 5) is 23.3. The Morgan fingerprint density at radius 1 is 1.67 bits per heavy atom. The molecular formula is C11H14N2O5. The molecular weight excluding hydrogens is 240 g/mol. The second-order valence-corrected chi connectivity index (χ2v) is 4.24. The first-order valence-corrected chi connectivity index (χ1v) is 5.63. The van der Waals surface area contributed by atoms with E-state index in [2.05, 4.69) is 4.74 Å². The number of nitro groups is 1. The Kier molecular flexibility index (Phi) is 3.61. The van der Waals surface area contributed by atoms with Crippen LogP contribution in [0.2, 0.25) is 0 Å². The molecule has 2 rings (SSSR count). The quantitative estimate of drug-likeness (QED) is 0.455. The average Bonchev–Trinajstić information content (AvgIpc) is 2.98. The fourth-order valence-corrected chi connectivity index (χ4v) is 2.11. The number of carbonyl (C=O) groups is 1. The van der Waals surface area contributed by atoms with Crippen LogP contribution in [0.5, 0.6) is 0 Å². The number of nitrogens with zero attached hydrogens (tertiary/aromatic N) is 2. The third kappa shape index (κ3) is 2.67. The lowest BCUT2D eigenvalue weighted by Crippen LogP contribution is -2.23. The standard InChI is InChI=1S/C11H14N2O5/c1-17-11(14)8-4-5-12(6-8)7-9-2-3-10(18-9)13(15)16/h2-3,8H,4-7H2,1H3. The minimum atomic E-state index is -0.565. The predicted molar refractivity (Wildman–Crippen MR) is 60.8 cm³/mol. The van der Waals surface area contributed by atoms with Gasteiger partial charge >= 0.3 is 11.9 Å². The Balaban J connectivity index is 1.91. The maximum absolute atomic E-state index is 11.3. The number of hydrogen-bond donors (Lipinski definition) is 0. The summed E-state index contributed by atoms with van der Waals surface area (Å²) in [5.41, 5.74) is 0. The molecule has 0 amide bonds. The summed E-state index contributed by atoms with van der Waals surface area (Å²) in [7, 11) is 1.38. The van der Waals surface area contributed by atoms with Crippen LogP contribution in [0.1, 0.15) is 12.2 Å². The van der Waals surface area contributed by atoms with Gasteiger partial charge in [-0.3, -0.25) is 19.8 Å². The van der Waals surface area contributed by atoms with Gasteiger partial charge in [0, 0.05) is 6.54 Å². The Bertz CT molecular complexity index is 456. The molecule has 1 aliphatic rings. The van der Waals surface area contributed by atoms with Crippen LogP contribution in [-0.2, 0) is 16.1 Å². The largest absolute Gasteiger partial charge is 0.469 e. The summed E-state index contributed by atoms with van der Waals surface area (Å²) in [6.07, 6.45) is 0.746. The molecule has 7 nitrogen and oxygen atoms in total. The second kappa shape index (κ2) is 5.18. The van der Waals surface area contributed by atoms with Crippen molar-refractivity contribution < 1.29 is 18.9 Å². The normalized spacial score (nSPS) is 19.9. The van der Waals surface area contributed by atoms with Gasteiger partial charge in [0.25, 0.3) is 0 Å². The van der Waals surface area contributed by atoms with E-state index in [4.69, 9.17) is 4.42 Å². The topological polar surface area (TPSA) is 85.8 Å². The van der Waals surface area contributed by atoms with Crippen molar-refractivity contribution in [3.8, 4) is 0 Å². The zero-order chi connectivity index (χ0) is 13.1. The van der Waals surface area contributed by atoms with E-state index in [-0.39, 0.29) is 17.8 Å². The lowest BCUT2D eigenvalue weighted by Gasteiger charge is -2.13. The highest BCUT2D eigenvalue weighted by Crippen LogP contribution is 2.22. The van der Waals surface area contributed by atoms with Gasteiger partial charge in [-0.25, -0.2) is 0 Å². The molecule has 0 saturated carbocycles. The second-order valence-electron chi connectivity index (χ2n) is 4.24. The Morgan fingerprint density at radius 2 is 2.44 bits per heavy atom. The minimum absolute atomic E-state index is 0.111. The average molecular weight is 254 g/mol. The lowest BCUT2D eigenvalue weighted by molar-refractivity contribution is -0.402. The fraction of sp³-hybridized carbons (Fsp3) is 0.545. The molecule has 0 bridgehead atoms. The van der Waals surface area contributed by atoms with Gasteiger partial charge < -0.3 is 9.15 Å². The molecule has 1 unspecified atom stereocenters. The van der Waals surface area contributed by atoms with Gasteiger partial charge in [-0.05, 0) is 19.0 Å². The molecule has 0 aliphatic carbocycles. The SMILES string of the molecule is COC(=O)C1CCN(Cc2ccc([N+](=O)[O-])o2)C1. The van der Waals surface area contributed by atoms with Crippen molar-refractivity contribution in [2.45, 2.75) is 13.0 Å². The van der Waals surface area contributed by atoms with Gasteiger partial charge in [-0.2, -0.15) is 0 Å². The van der Waals surface area contributed by atoms with Gasteiger partial charge in [-0.1, -0.05) is 0 Å². The molecule has 98 valence electrons. The summed E-state index contributed by atoms with van der Waals surface area (Å²) < 4.78 is 9.76. The van der Waals surface area contributed by atoms with Gasteiger partial charge in [0.15, 0.2) is 0 Å². The molecule has 1 aromatic heterocycles. The first-order valence-electron chi connectivity index (χ1n) is 5.63. The van der Waals surface area contributed by atoms with Crippen LogP contribution in [0, 0.1) is 16.0 Å². The highest BCUT2D eigenvalue weighted by Gasteiger charge is 2.29. The Hall–Kier alpha value is -1.89. The van der Waals surface area contributed by atoms with Crippen molar-refractivity contribution in [3.63, 3.8) is 0 Å². The molecule has 18 heavy (non-hydrogen) atoms. The molecule has 2 heterocycles. The third-order valence-corrected chi connectivity index (χ3v) is 3.01. The van der Waals surface area contributed by atoms with E-state index in [1.807, 2.05) is 4.90 Å². The summed E-state index contributed by atoms with van der Waals surface area (Å²) >= 11 is 0. The van der Waals surface area contributed by atoms with Crippen LogP contribution in [-0.4, -0.2) is 36.0 Å². The highest BCUT2D eigenvalue weighted by atomic mass is 16.6. The molecule has 1 aliphatic heterocycles. The minimum Gasteiger partial charge on any atom is -0.469 e. The summed E-state index contributed by atoms with van der Waals surface area (Å²) in [5.74, 6) is -0.0381. The van der Waals surface area contributed by atoms with Gasteiger partial charge in [0.1, 0.15) is 10.7 Å². The fourth-order valence-electron chi connectivity index (χ4n) is 2.11. The monoisotopic (exact) mass is 254 g/mol. The van der Waals surface area contributed by atoms with Gasteiger partial charge in [0.05, 0.1) is 25.6 Å². The molecule has 1 aromatic rings. The van der Waals surface area contributed by atoms with Crippen molar-refractivity contribution in [2.75, 3.05) is 20.2 Å². The van der Waals surface area contributed by atoms with Gasteiger partial charge in [0.2, 0.25) is 0 Å². The van der Waals surface area contributed by atoms with Crippen molar-refractivity contribution in [3.05, 3.63) is 28.0 Å². The van der Waals surface area contributed by atoms with Crippen LogP contribution in [0.3, 0.4) is 0 Å². The van der Waals surface area contributed by atoms with Crippen molar-refractivity contribution in [1.29, 1.82) is 0 Å². The lowest BCUT2D eigenvalue weighted by atomic mass is 10.1. The molecule has 1 fully saturated rings. The van der Waals surface area contributed by atoms with E-state index >= 15 is 0 Å².